The fourth-order valence-corrected chi connectivity index (χ4v) is 1.33. The Morgan fingerprint density at radius 2 is 2.29 bits per heavy atom. The third-order valence-electron chi connectivity index (χ3n) is 2.25. The minimum Gasteiger partial charge on any atom is -0.368 e. The number of nitrogens with zero attached hydrogens (tertiary/aromatic N) is 4. The molecule has 0 aliphatic carbocycles. The Bertz CT molecular complexity index is 298. The normalized spacial score (nSPS) is 16.3. The van der Waals surface area contributed by atoms with Gasteiger partial charge in [0.15, 0.2) is 0 Å². The molecule has 76 valence electrons. The van der Waals surface area contributed by atoms with Crippen molar-refractivity contribution in [2.75, 3.05) is 37.2 Å². The summed E-state index contributed by atoms with van der Waals surface area (Å²) in [6, 6.07) is 0. The number of hydrogen-bond donors (Lipinski definition) is 2. The molecule has 6 heteroatoms. The maximum atomic E-state index is 5.41. The molecule has 1 aliphatic rings. The van der Waals surface area contributed by atoms with Crippen LogP contribution >= 0.6 is 0 Å². The Kier molecular flexibility index (Phi) is 2.73. The first-order valence-electron chi connectivity index (χ1n) is 4.75. The van der Waals surface area contributed by atoms with E-state index in [2.05, 4.69) is 25.2 Å². The minimum absolute atomic E-state index is 0.256. The van der Waals surface area contributed by atoms with E-state index in [1.165, 1.54) is 25.8 Å². The van der Waals surface area contributed by atoms with Gasteiger partial charge in [-0.25, -0.2) is 9.97 Å². The van der Waals surface area contributed by atoms with Gasteiger partial charge in [-0.2, -0.15) is 4.98 Å². The second-order valence-corrected chi connectivity index (χ2v) is 3.29. The van der Waals surface area contributed by atoms with Crippen LogP contribution in [0, 0.1) is 0 Å². The lowest BCUT2D eigenvalue weighted by atomic mass is 10.2. The van der Waals surface area contributed by atoms with E-state index in [1.54, 1.807) is 0 Å². The zero-order chi connectivity index (χ0) is 9.80. The molecule has 0 bridgehead atoms. The van der Waals surface area contributed by atoms with Crippen LogP contribution in [-0.4, -0.2) is 46.0 Å². The van der Waals surface area contributed by atoms with Crippen molar-refractivity contribution in [2.45, 2.75) is 6.42 Å². The van der Waals surface area contributed by atoms with Gasteiger partial charge in [0.25, 0.3) is 0 Å². The highest BCUT2D eigenvalue weighted by Gasteiger charge is 2.12. The van der Waals surface area contributed by atoms with Gasteiger partial charge in [0, 0.05) is 13.1 Å². The zero-order valence-corrected chi connectivity index (χ0v) is 7.98. The highest BCUT2D eigenvalue weighted by atomic mass is 15.2. The summed E-state index contributed by atoms with van der Waals surface area (Å²) in [4.78, 5) is 14.0. The number of nitrogens with one attached hydrogen (secondary N) is 1. The van der Waals surface area contributed by atoms with Crippen LogP contribution in [0.2, 0.25) is 0 Å². The average Bonchev–Trinajstić information content (AvgIpc) is 2.09. The van der Waals surface area contributed by atoms with Crippen LogP contribution in [0.25, 0.3) is 0 Å². The van der Waals surface area contributed by atoms with Gasteiger partial charge in [0.2, 0.25) is 11.9 Å². The van der Waals surface area contributed by atoms with Gasteiger partial charge in [-0.1, -0.05) is 0 Å². The number of nitrogens with two attached hydrogens (primary N) is 1. The molecule has 1 aromatic heterocycles. The number of anilines is 2. The summed E-state index contributed by atoms with van der Waals surface area (Å²) in [7, 11) is 0. The van der Waals surface area contributed by atoms with Crippen molar-refractivity contribution >= 4 is 11.9 Å². The van der Waals surface area contributed by atoms with Crippen LogP contribution in [0.4, 0.5) is 11.9 Å². The van der Waals surface area contributed by atoms with Crippen molar-refractivity contribution in [3.05, 3.63) is 6.33 Å². The molecule has 2 heterocycles. The van der Waals surface area contributed by atoms with Crippen molar-refractivity contribution < 1.29 is 0 Å². The van der Waals surface area contributed by atoms with E-state index < -0.39 is 0 Å². The zero-order valence-electron chi connectivity index (χ0n) is 7.98. The molecule has 6 nitrogen and oxygen atoms in total. The van der Waals surface area contributed by atoms with Crippen LogP contribution in [-0.2, 0) is 0 Å². The van der Waals surface area contributed by atoms with E-state index in [0.29, 0.717) is 5.95 Å². The topological polar surface area (TPSA) is 80.0 Å². The molecule has 0 atom stereocenters. The SMILES string of the molecule is Nc1ncnc(NCCN2CCC2)n1. The van der Waals surface area contributed by atoms with Crippen LogP contribution < -0.4 is 11.1 Å². The molecule has 3 N–H and O–H groups in total. The van der Waals surface area contributed by atoms with Crippen molar-refractivity contribution in [1.29, 1.82) is 0 Å². The summed E-state index contributed by atoms with van der Waals surface area (Å²) in [5.41, 5.74) is 5.41. The number of rotatable bonds is 4. The van der Waals surface area contributed by atoms with Crippen LogP contribution in [0.15, 0.2) is 6.33 Å². The lowest BCUT2D eigenvalue weighted by Crippen LogP contribution is -2.40. The summed E-state index contributed by atoms with van der Waals surface area (Å²) >= 11 is 0. The largest absolute Gasteiger partial charge is 0.368 e. The Balaban J connectivity index is 1.74. The Labute approximate surface area is 82.6 Å². The van der Waals surface area contributed by atoms with Gasteiger partial charge < -0.3 is 16.0 Å². The van der Waals surface area contributed by atoms with Crippen molar-refractivity contribution in [1.82, 2.24) is 19.9 Å². The van der Waals surface area contributed by atoms with Crippen molar-refractivity contribution in [2.24, 2.45) is 0 Å². The third kappa shape index (κ3) is 2.29. The molecular weight excluding hydrogens is 180 g/mol. The molecular formula is C8H14N6. The molecule has 0 aromatic carbocycles. The molecule has 1 aliphatic heterocycles. The summed E-state index contributed by atoms with van der Waals surface area (Å²) in [5, 5.41) is 3.10. The van der Waals surface area contributed by atoms with Gasteiger partial charge in [0.05, 0.1) is 0 Å². The highest BCUT2D eigenvalue weighted by molar-refractivity contribution is 5.28. The van der Waals surface area contributed by atoms with E-state index in [1.807, 2.05) is 0 Å². The molecule has 14 heavy (non-hydrogen) atoms. The van der Waals surface area contributed by atoms with E-state index in [0.717, 1.165) is 13.1 Å². The van der Waals surface area contributed by atoms with Crippen LogP contribution in [0.3, 0.4) is 0 Å². The molecule has 0 saturated carbocycles. The monoisotopic (exact) mass is 194 g/mol. The van der Waals surface area contributed by atoms with E-state index in [4.69, 9.17) is 5.73 Å². The quantitative estimate of drug-likeness (QED) is 0.677. The predicted molar refractivity (Wildman–Crippen MR) is 53.8 cm³/mol. The van der Waals surface area contributed by atoms with Gasteiger partial charge in [-0.15, -0.1) is 0 Å². The molecule has 0 unspecified atom stereocenters. The maximum absolute atomic E-state index is 5.41. The first-order chi connectivity index (χ1) is 6.84. The second-order valence-electron chi connectivity index (χ2n) is 3.29. The van der Waals surface area contributed by atoms with E-state index >= 15 is 0 Å². The third-order valence-corrected chi connectivity index (χ3v) is 2.25. The molecule has 1 saturated heterocycles. The van der Waals surface area contributed by atoms with Gasteiger partial charge in [-0.3, -0.25) is 0 Å². The van der Waals surface area contributed by atoms with Crippen molar-refractivity contribution in [3.8, 4) is 0 Å². The fraction of sp³-hybridized carbons (Fsp3) is 0.625. The Hall–Kier alpha value is -1.43. The lowest BCUT2D eigenvalue weighted by molar-refractivity contribution is 0.189. The lowest BCUT2D eigenvalue weighted by Gasteiger charge is -2.30. The minimum atomic E-state index is 0.256. The van der Waals surface area contributed by atoms with Crippen LogP contribution in [0.5, 0.6) is 0 Å². The van der Waals surface area contributed by atoms with Gasteiger partial charge in [0.1, 0.15) is 6.33 Å². The first kappa shape index (κ1) is 9.14. The summed E-state index contributed by atoms with van der Waals surface area (Å²) in [6.45, 7) is 4.30. The van der Waals surface area contributed by atoms with Gasteiger partial charge >= 0.3 is 0 Å². The molecule has 1 aromatic rings. The molecule has 2 rings (SSSR count). The smallest absolute Gasteiger partial charge is 0.227 e. The fourth-order valence-electron chi connectivity index (χ4n) is 1.33. The number of likely N-dealkylation sites (tertiary alicyclic amines) is 1. The Morgan fingerprint density at radius 1 is 1.43 bits per heavy atom. The average molecular weight is 194 g/mol. The summed E-state index contributed by atoms with van der Waals surface area (Å²) < 4.78 is 0. The summed E-state index contributed by atoms with van der Waals surface area (Å²) in [5.74, 6) is 0.810. The van der Waals surface area contributed by atoms with Crippen LogP contribution in [0.1, 0.15) is 6.42 Å². The van der Waals surface area contributed by atoms with Crippen molar-refractivity contribution in [3.63, 3.8) is 0 Å². The molecule has 0 radical (unpaired) electrons. The summed E-state index contributed by atoms with van der Waals surface area (Å²) in [6.07, 6.45) is 2.73. The number of hydrogen-bond acceptors (Lipinski definition) is 6. The van der Waals surface area contributed by atoms with E-state index in [-0.39, 0.29) is 5.95 Å². The number of aromatic nitrogens is 3. The standard InChI is InChI=1S/C8H14N6/c9-7-11-6-12-8(13-7)10-2-5-14-3-1-4-14/h6H,1-5H2,(H3,9,10,11,12,13). The Morgan fingerprint density at radius 3 is 2.93 bits per heavy atom. The highest BCUT2D eigenvalue weighted by Crippen LogP contribution is 2.04. The van der Waals surface area contributed by atoms with E-state index in [9.17, 15) is 0 Å². The maximum Gasteiger partial charge on any atom is 0.227 e. The predicted octanol–water partition coefficient (Wildman–Crippen LogP) is -0.429. The van der Waals surface area contributed by atoms with Gasteiger partial charge in [-0.05, 0) is 19.5 Å². The molecule has 0 spiro atoms. The first-order valence-corrected chi connectivity index (χ1v) is 4.75. The molecule has 1 fully saturated rings. The number of nitrogen functional groups attached to an aromatic ring is 1. The molecule has 0 amide bonds. The second kappa shape index (κ2) is 4.19.